The van der Waals surface area contributed by atoms with Crippen LogP contribution in [0.4, 0.5) is 0 Å². The van der Waals surface area contributed by atoms with E-state index in [4.69, 9.17) is 23.2 Å². The lowest BCUT2D eigenvalue weighted by atomic mass is 10.2. The van der Waals surface area contributed by atoms with Gasteiger partial charge in [0.25, 0.3) is 5.91 Å². The molecule has 0 bridgehead atoms. The fourth-order valence-electron chi connectivity index (χ4n) is 2.27. The second-order valence-electron chi connectivity index (χ2n) is 4.90. The normalized spacial score (nSPS) is 15.7. The summed E-state index contributed by atoms with van der Waals surface area (Å²) in [4.78, 5) is 16.4. The van der Waals surface area contributed by atoms with Gasteiger partial charge in [0.2, 0.25) is 0 Å². The SMILES string of the molecule is CN(CCN1CCCC1)C(=O)c1ccc(Cl)cc1Cl. The molecule has 1 aromatic carbocycles. The molecule has 1 aliphatic rings. The first-order valence-corrected chi connectivity index (χ1v) is 7.26. The lowest BCUT2D eigenvalue weighted by Crippen LogP contribution is -2.35. The zero-order valence-electron chi connectivity index (χ0n) is 11.0. The summed E-state index contributed by atoms with van der Waals surface area (Å²) in [7, 11) is 1.81. The van der Waals surface area contributed by atoms with Crippen LogP contribution in [0, 0.1) is 0 Å². The van der Waals surface area contributed by atoms with Crippen LogP contribution in [0.1, 0.15) is 23.2 Å². The van der Waals surface area contributed by atoms with Gasteiger partial charge in [0.1, 0.15) is 0 Å². The van der Waals surface area contributed by atoms with Crippen LogP contribution < -0.4 is 0 Å². The fraction of sp³-hybridized carbons (Fsp3) is 0.500. The summed E-state index contributed by atoms with van der Waals surface area (Å²) in [5.74, 6) is -0.0548. The van der Waals surface area contributed by atoms with E-state index >= 15 is 0 Å². The number of nitrogens with zero attached hydrogens (tertiary/aromatic N) is 2. The Balaban J connectivity index is 1.94. The van der Waals surface area contributed by atoms with Crippen molar-refractivity contribution in [3.8, 4) is 0 Å². The third kappa shape index (κ3) is 3.85. The minimum atomic E-state index is -0.0548. The quantitative estimate of drug-likeness (QED) is 0.853. The highest BCUT2D eigenvalue weighted by Crippen LogP contribution is 2.22. The first-order valence-electron chi connectivity index (χ1n) is 6.51. The largest absolute Gasteiger partial charge is 0.340 e. The summed E-state index contributed by atoms with van der Waals surface area (Å²) >= 11 is 11.9. The van der Waals surface area contributed by atoms with Gasteiger partial charge >= 0.3 is 0 Å². The van der Waals surface area contributed by atoms with Gasteiger partial charge in [0, 0.05) is 25.2 Å². The van der Waals surface area contributed by atoms with E-state index in [1.54, 1.807) is 23.1 Å². The minimum Gasteiger partial charge on any atom is -0.340 e. The number of benzene rings is 1. The van der Waals surface area contributed by atoms with Crippen molar-refractivity contribution in [2.45, 2.75) is 12.8 Å². The molecule has 0 radical (unpaired) electrons. The second kappa shape index (κ2) is 6.60. The standard InChI is InChI=1S/C14H18Cl2N2O/c1-17(8-9-18-6-2-3-7-18)14(19)12-5-4-11(15)10-13(12)16/h4-5,10H,2-3,6-9H2,1H3. The number of likely N-dealkylation sites (tertiary alicyclic amines) is 1. The summed E-state index contributed by atoms with van der Waals surface area (Å²) < 4.78 is 0. The highest BCUT2D eigenvalue weighted by molar-refractivity contribution is 6.36. The number of amides is 1. The molecule has 1 aliphatic heterocycles. The number of carbonyl (C=O) groups is 1. The number of carbonyl (C=O) groups excluding carboxylic acids is 1. The van der Waals surface area contributed by atoms with Gasteiger partial charge in [-0.15, -0.1) is 0 Å². The van der Waals surface area contributed by atoms with Crippen molar-refractivity contribution in [3.05, 3.63) is 33.8 Å². The molecule has 1 saturated heterocycles. The highest BCUT2D eigenvalue weighted by Gasteiger charge is 2.17. The minimum absolute atomic E-state index is 0.0548. The Morgan fingerprint density at radius 2 is 2.00 bits per heavy atom. The zero-order chi connectivity index (χ0) is 13.8. The number of rotatable bonds is 4. The van der Waals surface area contributed by atoms with Crippen molar-refractivity contribution in [1.82, 2.24) is 9.80 Å². The molecule has 5 heteroatoms. The van der Waals surface area contributed by atoms with Crippen molar-refractivity contribution >= 4 is 29.1 Å². The van der Waals surface area contributed by atoms with Gasteiger partial charge in [-0.1, -0.05) is 23.2 Å². The molecular weight excluding hydrogens is 283 g/mol. The molecule has 0 unspecified atom stereocenters. The number of likely N-dealkylation sites (N-methyl/N-ethyl adjacent to an activating group) is 1. The summed E-state index contributed by atoms with van der Waals surface area (Å²) in [6.45, 7) is 3.93. The van der Waals surface area contributed by atoms with Gasteiger partial charge in [0.05, 0.1) is 10.6 Å². The predicted octanol–water partition coefficient (Wildman–Crippen LogP) is 3.16. The zero-order valence-corrected chi connectivity index (χ0v) is 12.5. The molecule has 0 saturated carbocycles. The van der Waals surface area contributed by atoms with Gasteiger partial charge < -0.3 is 9.80 Å². The molecule has 1 heterocycles. The maximum absolute atomic E-state index is 12.3. The van der Waals surface area contributed by atoms with E-state index in [1.165, 1.54) is 12.8 Å². The predicted molar refractivity (Wildman–Crippen MR) is 79.1 cm³/mol. The van der Waals surface area contributed by atoms with Gasteiger partial charge in [-0.3, -0.25) is 4.79 Å². The smallest absolute Gasteiger partial charge is 0.255 e. The highest BCUT2D eigenvalue weighted by atomic mass is 35.5. The molecule has 0 N–H and O–H groups in total. The van der Waals surface area contributed by atoms with Crippen molar-refractivity contribution < 1.29 is 4.79 Å². The van der Waals surface area contributed by atoms with Gasteiger partial charge in [-0.25, -0.2) is 0 Å². The van der Waals surface area contributed by atoms with E-state index in [-0.39, 0.29) is 5.91 Å². The summed E-state index contributed by atoms with van der Waals surface area (Å²) in [6.07, 6.45) is 2.53. The molecule has 0 aromatic heterocycles. The van der Waals surface area contributed by atoms with E-state index in [1.807, 2.05) is 7.05 Å². The first kappa shape index (κ1) is 14.6. The third-order valence-electron chi connectivity index (χ3n) is 3.46. The average Bonchev–Trinajstić information content (AvgIpc) is 2.88. The van der Waals surface area contributed by atoms with Crippen molar-refractivity contribution in [3.63, 3.8) is 0 Å². The van der Waals surface area contributed by atoms with E-state index in [0.29, 0.717) is 15.6 Å². The maximum atomic E-state index is 12.3. The lowest BCUT2D eigenvalue weighted by Gasteiger charge is -2.22. The van der Waals surface area contributed by atoms with Gasteiger partial charge in [-0.05, 0) is 44.1 Å². The Morgan fingerprint density at radius 1 is 1.32 bits per heavy atom. The van der Waals surface area contributed by atoms with Crippen LogP contribution in [0.15, 0.2) is 18.2 Å². The first-order chi connectivity index (χ1) is 9.08. The second-order valence-corrected chi connectivity index (χ2v) is 5.74. The Kier molecular flexibility index (Phi) is 5.08. The molecule has 0 spiro atoms. The molecule has 1 fully saturated rings. The van der Waals surface area contributed by atoms with Crippen LogP contribution in [-0.2, 0) is 0 Å². The summed E-state index contributed by atoms with van der Waals surface area (Å²) in [5, 5.41) is 0.951. The van der Waals surface area contributed by atoms with Crippen LogP contribution in [-0.4, -0.2) is 48.9 Å². The molecule has 0 atom stereocenters. The maximum Gasteiger partial charge on any atom is 0.255 e. The van der Waals surface area contributed by atoms with Crippen molar-refractivity contribution in [2.24, 2.45) is 0 Å². The molecule has 3 nitrogen and oxygen atoms in total. The summed E-state index contributed by atoms with van der Waals surface area (Å²) in [6, 6.07) is 4.97. The molecule has 1 amide bonds. The Hall–Kier alpha value is -0.770. The molecule has 1 aromatic rings. The molecule has 2 rings (SSSR count). The number of halogens is 2. The van der Waals surface area contributed by atoms with Crippen LogP contribution in [0.5, 0.6) is 0 Å². The molecule has 0 aliphatic carbocycles. The van der Waals surface area contributed by atoms with Crippen LogP contribution in [0.3, 0.4) is 0 Å². The van der Waals surface area contributed by atoms with E-state index in [2.05, 4.69) is 4.90 Å². The average molecular weight is 301 g/mol. The van der Waals surface area contributed by atoms with Crippen LogP contribution in [0.25, 0.3) is 0 Å². The molecule has 19 heavy (non-hydrogen) atoms. The number of hydrogen-bond donors (Lipinski definition) is 0. The third-order valence-corrected chi connectivity index (χ3v) is 4.01. The lowest BCUT2D eigenvalue weighted by molar-refractivity contribution is 0.0782. The fourth-order valence-corrected chi connectivity index (χ4v) is 2.76. The molecule has 104 valence electrons. The Bertz CT molecular complexity index is 459. The van der Waals surface area contributed by atoms with Crippen LogP contribution in [0.2, 0.25) is 10.0 Å². The van der Waals surface area contributed by atoms with E-state index in [9.17, 15) is 4.79 Å². The Morgan fingerprint density at radius 3 is 2.63 bits per heavy atom. The molecular formula is C14H18Cl2N2O. The van der Waals surface area contributed by atoms with Gasteiger partial charge in [0.15, 0.2) is 0 Å². The Labute approximate surface area is 124 Å². The van der Waals surface area contributed by atoms with E-state index < -0.39 is 0 Å². The summed E-state index contributed by atoms with van der Waals surface area (Å²) in [5.41, 5.74) is 0.509. The van der Waals surface area contributed by atoms with Crippen LogP contribution >= 0.6 is 23.2 Å². The number of hydrogen-bond acceptors (Lipinski definition) is 2. The van der Waals surface area contributed by atoms with E-state index in [0.717, 1.165) is 26.2 Å². The van der Waals surface area contributed by atoms with Crippen molar-refractivity contribution in [2.75, 3.05) is 33.2 Å². The topological polar surface area (TPSA) is 23.6 Å². The van der Waals surface area contributed by atoms with Crippen molar-refractivity contribution in [1.29, 1.82) is 0 Å². The monoisotopic (exact) mass is 300 g/mol. The van der Waals surface area contributed by atoms with Gasteiger partial charge in [-0.2, -0.15) is 0 Å².